The molecule has 2 heterocycles. The summed E-state index contributed by atoms with van der Waals surface area (Å²) in [6.07, 6.45) is 2.81. The van der Waals surface area contributed by atoms with Gasteiger partial charge in [-0.2, -0.15) is 8.42 Å². The molecule has 0 saturated heterocycles. The molecule has 0 amide bonds. The van der Waals surface area contributed by atoms with Crippen molar-refractivity contribution in [2.75, 3.05) is 19.0 Å². The Labute approximate surface area is 172 Å². The van der Waals surface area contributed by atoms with E-state index in [9.17, 15) is 18.3 Å². The third-order valence-electron chi connectivity index (χ3n) is 4.57. The predicted molar refractivity (Wildman–Crippen MR) is 106 cm³/mol. The molecule has 0 radical (unpaired) electrons. The zero-order chi connectivity index (χ0) is 21.0. The van der Waals surface area contributed by atoms with E-state index in [0.717, 1.165) is 4.88 Å². The first-order valence-corrected chi connectivity index (χ1v) is 11.1. The van der Waals surface area contributed by atoms with Gasteiger partial charge in [-0.3, -0.25) is 8.98 Å². The van der Waals surface area contributed by atoms with Crippen LogP contribution in [0, 0.1) is 5.92 Å². The zero-order valence-corrected chi connectivity index (χ0v) is 17.3. The number of nitrogens with two attached hydrogens (primary N) is 1. The first-order chi connectivity index (χ1) is 13.8. The van der Waals surface area contributed by atoms with Crippen LogP contribution in [0.25, 0.3) is 0 Å². The lowest BCUT2D eigenvalue weighted by Gasteiger charge is -2.15. The van der Waals surface area contributed by atoms with Crippen molar-refractivity contribution in [2.45, 2.75) is 31.6 Å². The summed E-state index contributed by atoms with van der Waals surface area (Å²) in [5, 5.41) is 18.2. The first-order valence-electron chi connectivity index (χ1n) is 8.81. The molecule has 1 saturated carbocycles. The second-order valence-electron chi connectivity index (χ2n) is 6.73. The fourth-order valence-electron chi connectivity index (χ4n) is 3.24. The number of ether oxygens (including phenoxy) is 1. The summed E-state index contributed by atoms with van der Waals surface area (Å²) in [7, 11) is -2.48. The van der Waals surface area contributed by atoms with E-state index >= 15 is 0 Å². The van der Waals surface area contributed by atoms with E-state index in [1.54, 1.807) is 13.2 Å². The van der Waals surface area contributed by atoms with Gasteiger partial charge in [0.2, 0.25) is 5.78 Å². The number of hydrogen-bond acceptors (Lipinski definition) is 10. The summed E-state index contributed by atoms with van der Waals surface area (Å²) in [5.74, 6) is -0.259. The molecule has 0 aliphatic heterocycles. The maximum Gasteiger partial charge on any atom is 0.333 e. The number of nitrogens with zero attached hydrogens (tertiary/aromatic N) is 2. The molecule has 2 aromatic rings. The maximum absolute atomic E-state index is 12.9. The summed E-state index contributed by atoms with van der Waals surface area (Å²) in [5.41, 5.74) is 0.317. The number of thiophene rings is 1. The molecule has 3 rings (SSSR count). The largest absolute Gasteiger partial charge is 0.393 e. The van der Waals surface area contributed by atoms with Crippen molar-refractivity contribution in [3.05, 3.63) is 40.0 Å². The van der Waals surface area contributed by atoms with Crippen LogP contribution in [0.15, 0.2) is 24.7 Å². The van der Waals surface area contributed by atoms with Crippen LogP contribution in [0.5, 0.6) is 0 Å². The highest BCUT2D eigenvalue weighted by Crippen LogP contribution is 2.30. The number of carbonyl (C=O) groups excluding carboxylic acids is 1. The number of aliphatic hydroxyl groups is 1. The Morgan fingerprint density at radius 3 is 2.93 bits per heavy atom. The van der Waals surface area contributed by atoms with Crippen LogP contribution >= 0.6 is 11.3 Å². The van der Waals surface area contributed by atoms with Gasteiger partial charge >= 0.3 is 10.3 Å². The molecule has 0 unspecified atom stereocenters. The number of aromatic nitrogens is 2. The summed E-state index contributed by atoms with van der Waals surface area (Å²) < 4.78 is 31.6. The van der Waals surface area contributed by atoms with Crippen LogP contribution < -0.4 is 10.5 Å². The molecule has 1 aliphatic carbocycles. The monoisotopic (exact) mass is 442 g/mol. The molecule has 0 aromatic carbocycles. The van der Waals surface area contributed by atoms with Gasteiger partial charge in [0.05, 0.1) is 29.8 Å². The van der Waals surface area contributed by atoms with Gasteiger partial charge in [-0.05, 0) is 25.0 Å². The van der Waals surface area contributed by atoms with Crippen LogP contribution in [0.3, 0.4) is 0 Å². The lowest BCUT2D eigenvalue weighted by atomic mass is 10.1. The Bertz CT molecular complexity index is 964. The smallest absolute Gasteiger partial charge is 0.333 e. The predicted octanol–water partition coefficient (Wildman–Crippen LogP) is 0.687. The first kappa shape index (κ1) is 21.7. The van der Waals surface area contributed by atoms with Crippen LogP contribution in [0.1, 0.15) is 33.0 Å². The fraction of sp³-hybridized carbons (Fsp3) is 0.471. The van der Waals surface area contributed by atoms with Crippen LogP contribution in [-0.4, -0.2) is 55.1 Å². The van der Waals surface area contributed by atoms with Gasteiger partial charge in [0, 0.05) is 30.1 Å². The van der Waals surface area contributed by atoms with Crippen molar-refractivity contribution in [1.29, 1.82) is 0 Å². The third kappa shape index (κ3) is 5.78. The van der Waals surface area contributed by atoms with E-state index in [2.05, 4.69) is 19.5 Å². The molecule has 2 aromatic heterocycles. The van der Waals surface area contributed by atoms with Gasteiger partial charge in [0.1, 0.15) is 12.1 Å². The number of rotatable bonds is 9. The quantitative estimate of drug-likeness (QED) is 0.476. The van der Waals surface area contributed by atoms with Crippen molar-refractivity contribution < 1.29 is 27.2 Å². The Balaban J connectivity index is 1.70. The third-order valence-corrected chi connectivity index (χ3v) is 6.10. The average molecular weight is 443 g/mol. The second kappa shape index (κ2) is 9.24. The Morgan fingerprint density at radius 1 is 1.41 bits per heavy atom. The van der Waals surface area contributed by atoms with Crippen LogP contribution in [0.2, 0.25) is 0 Å². The fourth-order valence-corrected chi connectivity index (χ4v) is 4.54. The lowest BCUT2D eigenvalue weighted by molar-refractivity contribution is 0.101. The zero-order valence-electron chi connectivity index (χ0n) is 15.6. The molecular formula is C17H22N4O6S2. The van der Waals surface area contributed by atoms with Crippen LogP contribution in [0.4, 0.5) is 5.82 Å². The molecule has 29 heavy (non-hydrogen) atoms. The van der Waals surface area contributed by atoms with Gasteiger partial charge in [-0.1, -0.05) is 0 Å². The number of methoxy groups -OCH3 is 1. The molecule has 0 spiro atoms. The number of anilines is 1. The number of hydrogen-bond donors (Lipinski definition) is 3. The minimum atomic E-state index is -4.07. The minimum absolute atomic E-state index is 0.203. The Hall–Kier alpha value is -1.96. The summed E-state index contributed by atoms with van der Waals surface area (Å²) >= 11 is 1.34. The standard InChI is InChI=1S/C17H22N4O6S2/c1-26-8-12-2-3-15(28-12)16(23)13-6-19-9-20-17(13)21-11-4-10(14(22)5-11)7-27-29(18,24)25/h2-3,6,9-11,14,22H,4-5,7-8H2,1H3,(H2,18,24,25)(H,19,20,21)/t10-,11-,14+/m1/s1. The van der Waals surface area contributed by atoms with E-state index in [4.69, 9.17) is 9.88 Å². The average Bonchev–Trinajstić information content (AvgIpc) is 3.26. The van der Waals surface area contributed by atoms with E-state index < -0.39 is 22.3 Å². The van der Waals surface area contributed by atoms with Gasteiger partial charge in [-0.15, -0.1) is 11.3 Å². The molecule has 0 bridgehead atoms. The topological polar surface area (TPSA) is 154 Å². The molecule has 4 N–H and O–H groups in total. The van der Waals surface area contributed by atoms with Gasteiger partial charge in [0.25, 0.3) is 0 Å². The van der Waals surface area contributed by atoms with Crippen molar-refractivity contribution in [2.24, 2.45) is 11.1 Å². The van der Waals surface area contributed by atoms with Gasteiger partial charge in [-0.25, -0.2) is 15.1 Å². The summed E-state index contributed by atoms with van der Waals surface area (Å²) in [6.45, 7) is 0.224. The Kier molecular flexibility index (Phi) is 6.93. The molecular weight excluding hydrogens is 420 g/mol. The van der Waals surface area contributed by atoms with Crippen LogP contribution in [-0.2, 0) is 25.8 Å². The second-order valence-corrected chi connectivity index (χ2v) is 9.12. The van der Waals surface area contributed by atoms with Gasteiger partial charge < -0.3 is 15.2 Å². The molecule has 3 atom stereocenters. The number of ketones is 1. The number of nitrogens with one attached hydrogen (secondary N) is 1. The minimum Gasteiger partial charge on any atom is -0.393 e. The summed E-state index contributed by atoms with van der Waals surface area (Å²) in [4.78, 5) is 22.5. The lowest BCUT2D eigenvalue weighted by Crippen LogP contribution is -2.24. The molecule has 1 fully saturated rings. The molecule has 10 nitrogen and oxygen atoms in total. The summed E-state index contributed by atoms with van der Waals surface area (Å²) in [6, 6.07) is 3.35. The SMILES string of the molecule is COCc1ccc(C(=O)c2cncnc2N[C@@H]2C[C@H](COS(N)(=O)=O)[C@@H](O)C2)s1. The highest BCUT2D eigenvalue weighted by atomic mass is 32.2. The van der Waals surface area contributed by atoms with Crippen molar-refractivity contribution in [3.8, 4) is 0 Å². The van der Waals surface area contributed by atoms with Crippen molar-refractivity contribution >= 4 is 33.2 Å². The van der Waals surface area contributed by atoms with Crippen molar-refractivity contribution in [1.82, 2.24) is 9.97 Å². The highest BCUT2D eigenvalue weighted by Gasteiger charge is 2.34. The molecule has 1 aliphatic rings. The van der Waals surface area contributed by atoms with E-state index in [1.165, 1.54) is 23.9 Å². The highest BCUT2D eigenvalue weighted by molar-refractivity contribution is 7.84. The van der Waals surface area contributed by atoms with Gasteiger partial charge in [0.15, 0.2) is 0 Å². The van der Waals surface area contributed by atoms with E-state index in [1.807, 2.05) is 6.07 Å². The number of carbonyl (C=O) groups is 1. The molecule has 12 heteroatoms. The molecule has 158 valence electrons. The number of aliphatic hydroxyl groups excluding tert-OH is 1. The maximum atomic E-state index is 12.9. The van der Waals surface area contributed by atoms with E-state index in [-0.39, 0.29) is 18.4 Å². The van der Waals surface area contributed by atoms with E-state index in [0.29, 0.717) is 35.7 Å². The Morgan fingerprint density at radius 2 is 2.21 bits per heavy atom. The van der Waals surface area contributed by atoms with Crippen molar-refractivity contribution in [3.63, 3.8) is 0 Å². The normalized spacial score (nSPS) is 22.0.